The first kappa shape index (κ1) is 19.3. The smallest absolute Gasteiger partial charge is 0.410 e. The van der Waals surface area contributed by atoms with E-state index in [1.54, 1.807) is 6.92 Å². The Morgan fingerprint density at radius 2 is 1.65 bits per heavy atom. The van der Waals surface area contributed by atoms with Crippen molar-refractivity contribution in [1.29, 1.82) is 0 Å². The van der Waals surface area contributed by atoms with Gasteiger partial charge >= 0.3 is 6.09 Å². The summed E-state index contributed by atoms with van der Waals surface area (Å²) in [6, 6.07) is 0. The standard InChI is InChI=1S/C18H29F2N3O3/c1-14(24)21-8-3-17(2,4-9-21)23-11-6-18(7-12-23)5-10-22(13-15(19)20)16(25)26-18/h15H,3-13H2,1-2H3. The summed E-state index contributed by atoms with van der Waals surface area (Å²) in [4.78, 5) is 29.1. The van der Waals surface area contributed by atoms with E-state index in [1.807, 2.05) is 4.90 Å². The second-order valence-corrected chi connectivity index (χ2v) is 8.13. The van der Waals surface area contributed by atoms with E-state index in [0.717, 1.165) is 56.8 Å². The van der Waals surface area contributed by atoms with Gasteiger partial charge in [-0.25, -0.2) is 13.6 Å². The number of hydrogen-bond donors (Lipinski definition) is 0. The van der Waals surface area contributed by atoms with Crippen LogP contribution < -0.4 is 0 Å². The lowest BCUT2D eigenvalue weighted by atomic mass is 9.81. The number of nitrogens with zero attached hydrogens (tertiary/aromatic N) is 3. The van der Waals surface area contributed by atoms with Crippen molar-refractivity contribution < 1.29 is 23.1 Å². The largest absolute Gasteiger partial charge is 0.443 e. The highest BCUT2D eigenvalue weighted by Gasteiger charge is 2.46. The Kier molecular flexibility index (Phi) is 5.42. The third-order valence-electron chi connectivity index (χ3n) is 6.48. The van der Waals surface area contributed by atoms with Crippen LogP contribution in [0.3, 0.4) is 0 Å². The predicted molar refractivity (Wildman–Crippen MR) is 92.1 cm³/mol. The molecule has 3 heterocycles. The van der Waals surface area contributed by atoms with Crippen LogP contribution in [0.4, 0.5) is 13.6 Å². The average Bonchev–Trinajstić information content (AvgIpc) is 2.58. The Labute approximate surface area is 153 Å². The second-order valence-electron chi connectivity index (χ2n) is 8.13. The van der Waals surface area contributed by atoms with Crippen molar-refractivity contribution >= 4 is 12.0 Å². The number of carbonyl (C=O) groups is 2. The van der Waals surface area contributed by atoms with E-state index >= 15 is 0 Å². The molecule has 3 fully saturated rings. The van der Waals surface area contributed by atoms with Gasteiger partial charge in [-0.05, 0) is 19.8 Å². The van der Waals surface area contributed by atoms with Gasteiger partial charge < -0.3 is 14.5 Å². The number of likely N-dealkylation sites (tertiary alicyclic amines) is 2. The Morgan fingerprint density at radius 1 is 1.08 bits per heavy atom. The summed E-state index contributed by atoms with van der Waals surface area (Å²) in [6.45, 7) is 6.88. The summed E-state index contributed by atoms with van der Waals surface area (Å²) in [5.74, 6) is 0.132. The van der Waals surface area contributed by atoms with Crippen LogP contribution in [0.1, 0.15) is 46.0 Å². The van der Waals surface area contributed by atoms with Crippen LogP contribution in [0, 0.1) is 0 Å². The van der Waals surface area contributed by atoms with Gasteiger partial charge in [0.25, 0.3) is 6.43 Å². The molecule has 8 heteroatoms. The maximum absolute atomic E-state index is 12.5. The van der Waals surface area contributed by atoms with Crippen molar-refractivity contribution in [3.8, 4) is 0 Å². The fourth-order valence-corrected chi connectivity index (χ4v) is 4.49. The molecular formula is C18H29F2N3O3. The second kappa shape index (κ2) is 7.29. The molecule has 2 amide bonds. The molecule has 0 radical (unpaired) electrons. The highest BCUT2D eigenvalue weighted by atomic mass is 19.3. The van der Waals surface area contributed by atoms with Crippen molar-refractivity contribution in [2.24, 2.45) is 0 Å². The topological polar surface area (TPSA) is 53.1 Å². The number of halogens is 2. The van der Waals surface area contributed by atoms with E-state index in [1.165, 1.54) is 0 Å². The van der Waals surface area contributed by atoms with Crippen LogP contribution in [0.15, 0.2) is 0 Å². The minimum atomic E-state index is -2.53. The number of hydrogen-bond acceptors (Lipinski definition) is 4. The van der Waals surface area contributed by atoms with E-state index in [4.69, 9.17) is 4.74 Å². The molecule has 0 aromatic carbocycles. The molecule has 3 rings (SSSR count). The van der Waals surface area contributed by atoms with Crippen molar-refractivity contribution in [2.75, 3.05) is 39.3 Å². The molecule has 148 valence electrons. The van der Waals surface area contributed by atoms with Crippen LogP contribution in [-0.2, 0) is 9.53 Å². The molecule has 0 aliphatic carbocycles. The molecule has 0 bridgehead atoms. The number of ether oxygens (including phenoxy) is 1. The zero-order valence-electron chi connectivity index (χ0n) is 15.7. The lowest BCUT2D eigenvalue weighted by Gasteiger charge is -2.52. The number of alkyl halides is 2. The summed E-state index contributed by atoms with van der Waals surface area (Å²) in [5, 5.41) is 0. The van der Waals surface area contributed by atoms with Crippen molar-refractivity contribution in [2.45, 2.75) is 63.5 Å². The Bertz CT molecular complexity index is 542. The molecule has 6 nitrogen and oxygen atoms in total. The maximum Gasteiger partial charge on any atom is 0.410 e. The molecule has 0 atom stereocenters. The lowest BCUT2D eigenvalue weighted by molar-refractivity contribution is -0.132. The summed E-state index contributed by atoms with van der Waals surface area (Å²) >= 11 is 0. The molecule has 3 aliphatic heterocycles. The summed E-state index contributed by atoms with van der Waals surface area (Å²) in [7, 11) is 0. The van der Waals surface area contributed by atoms with E-state index in [9.17, 15) is 18.4 Å². The molecule has 0 aromatic rings. The van der Waals surface area contributed by atoms with Gasteiger partial charge in [0.05, 0.1) is 6.54 Å². The first-order valence-corrected chi connectivity index (χ1v) is 9.50. The summed E-state index contributed by atoms with van der Waals surface area (Å²) in [5.41, 5.74) is -0.434. The number of carbonyl (C=O) groups excluding carboxylic acids is 2. The predicted octanol–water partition coefficient (Wildman–Crippen LogP) is 2.33. The molecule has 3 saturated heterocycles. The first-order valence-electron chi connectivity index (χ1n) is 9.50. The fraction of sp³-hybridized carbons (Fsp3) is 0.889. The monoisotopic (exact) mass is 373 g/mol. The fourth-order valence-electron chi connectivity index (χ4n) is 4.49. The zero-order chi connectivity index (χ0) is 18.9. The SMILES string of the molecule is CC(=O)N1CCC(C)(N2CCC3(CCN(CC(F)F)C(=O)O3)CC2)CC1. The molecule has 0 aromatic heterocycles. The first-order chi connectivity index (χ1) is 12.2. The van der Waals surface area contributed by atoms with Crippen LogP contribution in [0.25, 0.3) is 0 Å². The van der Waals surface area contributed by atoms with Crippen LogP contribution in [-0.4, -0.2) is 83.5 Å². The van der Waals surface area contributed by atoms with Gasteiger partial charge in [0, 0.05) is 64.4 Å². The molecule has 0 unspecified atom stereocenters. The number of piperidine rings is 2. The van der Waals surface area contributed by atoms with Gasteiger partial charge in [0.15, 0.2) is 0 Å². The molecule has 26 heavy (non-hydrogen) atoms. The van der Waals surface area contributed by atoms with Crippen molar-refractivity contribution in [1.82, 2.24) is 14.7 Å². The number of rotatable bonds is 3. The van der Waals surface area contributed by atoms with E-state index in [2.05, 4.69) is 11.8 Å². The van der Waals surface area contributed by atoms with Gasteiger partial charge in [-0.2, -0.15) is 0 Å². The molecule has 0 saturated carbocycles. The highest BCUT2D eigenvalue weighted by Crippen LogP contribution is 2.38. The summed E-state index contributed by atoms with van der Waals surface area (Å²) < 4.78 is 30.7. The Morgan fingerprint density at radius 3 is 2.15 bits per heavy atom. The Balaban J connectivity index is 1.53. The van der Waals surface area contributed by atoms with Crippen molar-refractivity contribution in [3.05, 3.63) is 0 Å². The Hall–Kier alpha value is -1.44. The van der Waals surface area contributed by atoms with Crippen LogP contribution in [0.2, 0.25) is 0 Å². The van der Waals surface area contributed by atoms with E-state index in [0.29, 0.717) is 13.0 Å². The molecule has 0 N–H and O–H groups in total. The lowest BCUT2D eigenvalue weighted by Crippen LogP contribution is -2.61. The van der Waals surface area contributed by atoms with Gasteiger partial charge in [0.2, 0.25) is 5.91 Å². The van der Waals surface area contributed by atoms with Gasteiger partial charge in [-0.15, -0.1) is 0 Å². The van der Waals surface area contributed by atoms with E-state index in [-0.39, 0.29) is 11.4 Å². The van der Waals surface area contributed by atoms with Gasteiger partial charge in [-0.1, -0.05) is 0 Å². The maximum atomic E-state index is 12.5. The molecule has 1 spiro atoms. The van der Waals surface area contributed by atoms with Crippen LogP contribution in [0.5, 0.6) is 0 Å². The normalized spacial score (nSPS) is 26.3. The summed E-state index contributed by atoms with van der Waals surface area (Å²) in [6.07, 6.45) is 0.864. The highest BCUT2D eigenvalue weighted by molar-refractivity contribution is 5.73. The van der Waals surface area contributed by atoms with Crippen molar-refractivity contribution in [3.63, 3.8) is 0 Å². The minimum absolute atomic E-state index is 0.0634. The quantitative estimate of drug-likeness (QED) is 0.762. The average molecular weight is 373 g/mol. The number of amides is 2. The van der Waals surface area contributed by atoms with Gasteiger partial charge in [-0.3, -0.25) is 9.69 Å². The molecular weight excluding hydrogens is 344 g/mol. The van der Waals surface area contributed by atoms with Crippen LogP contribution >= 0.6 is 0 Å². The molecule has 3 aliphatic rings. The van der Waals surface area contributed by atoms with E-state index < -0.39 is 24.7 Å². The minimum Gasteiger partial charge on any atom is -0.443 e. The zero-order valence-corrected chi connectivity index (χ0v) is 15.7. The third-order valence-corrected chi connectivity index (χ3v) is 6.48. The van der Waals surface area contributed by atoms with Gasteiger partial charge in [0.1, 0.15) is 5.60 Å². The third kappa shape index (κ3) is 3.94.